The number of fused-ring (bicyclic) bond motifs is 4. The summed E-state index contributed by atoms with van der Waals surface area (Å²) < 4.78 is 88.4. The summed E-state index contributed by atoms with van der Waals surface area (Å²) in [7, 11) is 0. The summed E-state index contributed by atoms with van der Waals surface area (Å²) in [6.45, 7) is -0.453. The third-order valence-electron chi connectivity index (χ3n) is 8.58. The zero-order valence-corrected chi connectivity index (χ0v) is 24.5. The van der Waals surface area contributed by atoms with Crippen LogP contribution in [0.1, 0.15) is 13.7 Å². The van der Waals surface area contributed by atoms with Gasteiger partial charge in [-0.15, -0.1) is 0 Å². The van der Waals surface area contributed by atoms with Gasteiger partial charge in [0.05, 0.1) is 19.4 Å². The molecule has 0 radical (unpaired) electrons. The Hall–Kier alpha value is -6.00. The molecule has 2 aliphatic heterocycles. The smallest absolute Gasteiger partial charge is 0.252 e. The maximum atomic E-state index is 9.20. The largest absolute Gasteiger partial charge is 0.311 e. The molecule has 7 aromatic carbocycles. The number of rotatable bonds is 5. The van der Waals surface area contributed by atoms with Crippen LogP contribution in [-0.2, 0) is 0 Å². The Morgan fingerprint density at radius 1 is 0.435 bits per heavy atom. The Kier molecular flexibility index (Phi) is 4.27. The normalized spacial score (nSPS) is 15.7. The second-order valence-corrected chi connectivity index (χ2v) is 11.1. The first-order valence-electron chi connectivity index (χ1n) is 20.0. The molecule has 0 aliphatic carbocycles. The van der Waals surface area contributed by atoms with Crippen LogP contribution in [0.2, 0.25) is 0 Å². The van der Waals surface area contributed by atoms with Gasteiger partial charge in [-0.3, -0.25) is 0 Å². The Bertz CT molecular complexity index is 2510. The number of nitrogens with zero attached hydrogens (tertiary/aromatic N) is 3. The van der Waals surface area contributed by atoms with Crippen molar-refractivity contribution in [3.8, 4) is 0 Å². The lowest BCUT2D eigenvalue weighted by atomic mass is 9.33. The van der Waals surface area contributed by atoms with Crippen LogP contribution in [0, 0.1) is 0 Å². The summed E-state index contributed by atoms with van der Waals surface area (Å²) in [4.78, 5) is 5.47. The van der Waals surface area contributed by atoms with E-state index in [0.717, 1.165) is 22.3 Å². The van der Waals surface area contributed by atoms with Gasteiger partial charge in [-0.05, 0) is 89.1 Å². The highest BCUT2D eigenvalue weighted by atomic mass is 15.2. The molecule has 7 aromatic rings. The summed E-state index contributed by atoms with van der Waals surface area (Å²) in [5.41, 5.74) is 6.65. The van der Waals surface area contributed by atoms with Gasteiger partial charge in [0.1, 0.15) is 0 Å². The van der Waals surface area contributed by atoms with Crippen LogP contribution in [0.25, 0.3) is 0 Å². The molecule has 4 heteroatoms. The predicted molar refractivity (Wildman–Crippen MR) is 195 cm³/mol. The van der Waals surface area contributed by atoms with Crippen LogP contribution in [0.4, 0.5) is 51.2 Å². The zero-order chi connectivity index (χ0) is 39.2. The minimum Gasteiger partial charge on any atom is -0.311 e. The van der Waals surface area contributed by atoms with Gasteiger partial charge in [-0.25, -0.2) is 0 Å². The van der Waals surface area contributed by atoms with Gasteiger partial charge in [0.25, 0.3) is 6.71 Å². The van der Waals surface area contributed by atoms with Crippen molar-refractivity contribution in [2.75, 3.05) is 14.7 Å². The molecule has 9 rings (SSSR count). The van der Waals surface area contributed by atoms with E-state index < -0.39 is 43.0 Å². The summed E-state index contributed by atoms with van der Waals surface area (Å²) in [5.74, 6) is 0. The van der Waals surface area contributed by atoms with Crippen LogP contribution in [0.3, 0.4) is 0 Å². The van der Waals surface area contributed by atoms with E-state index in [4.69, 9.17) is 8.22 Å². The minimum absolute atomic E-state index is 0.0413. The van der Waals surface area contributed by atoms with Crippen molar-refractivity contribution in [3.05, 3.63) is 182 Å². The van der Waals surface area contributed by atoms with Gasteiger partial charge in [0.15, 0.2) is 0 Å². The van der Waals surface area contributed by atoms with Gasteiger partial charge >= 0.3 is 0 Å². The van der Waals surface area contributed by atoms with Crippen LogP contribution in [0.15, 0.2) is 182 Å². The summed E-state index contributed by atoms with van der Waals surface area (Å²) >= 11 is 0. The molecule has 0 saturated carbocycles. The Morgan fingerprint density at radius 3 is 1.30 bits per heavy atom. The Labute approximate surface area is 284 Å². The second kappa shape index (κ2) is 10.9. The lowest BCUT2D eigenvalue weighted by Gasteiger charge is -2.45. The van der Waals surface area contributed by atoms with Crippen molar-refractivity contribution in [2.45, 2.75) is 0 Å². The summed E-state index contributed by atoms with van der Waals surface area (Å²) in [5, 5.41) is 0. The average molecular weight is 598 g/mol. The van der Waals surface area contributed by atoms with E-state index in [0.29, 0.717) is 33.9 Å². The van der Waals surface area contributed by atoms with E-state index in [1.807, 2.05) is 126 Å². The van der Waals surface area contributed by atoms with E-state index in [1.165, 1.54) is 0 Å². The van der Waals surface area contributed by atoms with Crippen molar-refractivity contribution < 1.29 is 13.7 Å². The Balaban J connectivity index is 1.48. The zero-order valence-electron chi connectivity index (χ0n) is 34.5. The molecule has 0 aromatic heterocycles. The molecule has 0 atom stereocenters. The maximum Gasteiger partial charge on any atom is 0.252 e. The first kappa shape index (κ1) is 18.1. The standard InChI is InChI=1S/C42H30BN3/c1-5-17-31(18-6-1)44(32-19-7-2-8-20-32)35-29-40-42-41(30-35)46(34-23-11-4-12-24-34)39-28-16-14-26-37(39)43(42)36-25-13-15-27-38(36)45(40)33-21-9-3-10-22-33/h1-30H/i3D,4D,9D,10D,11D,12D,21D,22D,23D,24D. The van der Waals surface area contributed by atoms with Gasteiger partial charge < -0.3 is 14.7 Å². The van der Waals surface area contributed by atoms with E-state index in [2.05, 4.69) is 0 Å². The SMILES string of the molecule is [2H]c1c([2H])c([2H])c(N2c3ccccc3B3c4ccccc4N(c4c([2H])c([2H])c([2H])c([2H])c4[2H])c4cc(N(c5ccccc5)c5ccccc5)cc2c43)c([2H])c1[2H]. The molecular formula is C42H30BN3. The highest BCUT2D eigenvalue weighted by Crippen LogP contribution is 2.47. The average Bonchev–Trinajstić information content (AvgIpc) is 3.23. The number of anilines is 9. The molecule has 0 unspecified atom stereocenters. The molecule has 3 nitrogen and oxygen atoms in total. The molecule has 46 heavy (non-hydrogen) atoms. The molecule has 2 aliphatic rings. The van der Waals surface area contributed by atoms with Gasteiger partial charge in [-0.2, -0.15) is 0 Å². The lowest BCUT2D eigenvalue weighted by molar-refractivity contribution is 1.23. The topological polar surface area (TPSA) is 9.72 Å². The Morgan fingerprint density at radius 2 is 0.848 bits per heavy atom. The second-order valence-electron chi connectivity index (χ2n) is 11.1. The molecular weight excluding hydrogens is 557 g/mol. The van der Waals surface area contributed by atoms with E-state index in [9.17, 15) is 5.48 Å². The molecule has 0 spiro atoms. The van der Waals surface area contributed by atoms with Crippen LogP contribution in [0.5, 0.6) is 0 Å². The van der Waals surface area contributed by atoms with E-state index >= 15 is 0 Å². The minimum atomic E-state index is -0.511. The van der Waals surface area contributed by atoms with Crippen LogP contribution in [-0.4, -0.2) is 6.71 Å². The fraction of sp³-hybridized carbons (Fsp3) is 0. The maximum absolute atomic E-state index is 9.20. The number of hydrogen-bond acceptors (Lipinski definition) is 3. The van der Waals surface area contributed by atoms with Crippen LogP contribution < -0.4 is 31.1 Å². The van der Waals surface area contributed by atoms with E-state index in [1.54, 1.807) is 9.80 Å². The van der Waals surface area contributed by atoms with Gasteiger partial charge in [0, 0.05) is 45.5 Å². The number of para-hydroxylation sites is 6. The van der Waals surface area contributed by atoms with Gasteiger partial charge in [0.2, 0.25) is 0 Å². The number of benzene rings is 7. The van der Waals surface area contributed by atoms with Crippen molar-refractivity contribution in [3.63, 3.8) is 0 Å². The summed E-state index contributed by atoms with van der Waals surface area (Å²) in [6, 6.07) is 34.0. The monoisotopic (exact) mass is 597 g/mol. The van der Waals surface area contributed by atoms with Crippen molar-refractivity contribution in [2.24, 2.45) is 0 Å². The third kappa shape index (κ3) is 4.15. The van der Waals surface area contributed by atoms with Crippen molar-refractivity contribution in [1.82, 2.24) is 0 Å². The van der Waals surface area contributed by atoms with Crippen LogP contribution >= 0.6 is 0 Å². The van der Waals surface area contributed by atoms with Crippen molar-refractivity contribution >= 4 is 74.3 Å². The fourth-order valence-electron chi connectivity index (χ4n) is 6.81. The highest BCUT2D eigenvalue weighted by molar-refractivity contribution is 7.00. The van der Waals surface area contributed by atoms with E-state index in [-0.39, 0.29) is 35.5 Å². The number of hydrogen-bond donors (Lipinski definition) is 0. The molecule has 0 bridgehead atoms. The fourth-order valence-corrected chi connectivity index (χ4v) is 6.81. The first-order valence-corrected chi connectivity index (χ1v) is 15.0. The molecule has 0 saturated heterocycles. The molecule has 216 valence electrons. The molecule has 0 N–H and O–H groups in total. The highest BCUT2D eigenvalue weighted by Gasteiger charge is 2.43. The molecule has 2 heterocycles. The lowest BCUT2D eigenvalue weighted by Crippen LogP contribution is -2.61. The van der Waals surface area contributed by atoms with Crippen molar-refractivity contribution in [1.29, 1.82) is 0 Å². The first-order chi connectivity index (χ1) is 27.0. The predicted octanol–water partition coefficient (Wildman–Crippen LogP) is 9.24. The molecule has 0 fully saturated rings. The molecule has 0 amide bonds. The van der Waals surface area contributed by atoms with Gasteiger partial charge in [-0.1, -0.05) is 109 Å². The quantitative estimate of drug-likeness (QED) is 0.183. The third-order valence-corrected chi connectivity index (χ3v) is 8.58. The summed E-state index contributed by atoms with van der Waals surface area (Å²) in [6.07, 6.45) is 0.